The van der Waals surface area contributed by atoms with Crippen molar-refractivity contribution < 1.29 is 4.74 Å². The van der Waals surface area contributed by atoms with Gasteiger partial charge in [0.2, 0.25) is 0 Å². The van der Waals surface area contributed by atoms with Crippen LogP contribution in [-0.2, 0) is 16.2 Å². The van der Waals surface area contributed by atoms with Gasteiger partial charge >= 0.3 is 0 Å². The first kappa shape index (κ1) is 21.1. The maximum absolute atomic E-state index is 6.08. The van der Waals surface area contributed by atoms with Crippen LogP contribution in [0, 0.1) is 0 Å². The van der Waals surface area contributed by atoms with Crippen LogP contribution in [0.3, 0.4) is 0 Å². The number of nitrogens with zero attached hydrogens (tertiary/aromatic N) is 1. The molecule has 0 aromatic heterocycles. The van der Waals surface area contributed by atoms with Gasteiger partial charge in [0.05, 0.1) is 12.2 Å². The molecule has 3 rings (SSSR count). The smallest absolute Gasteiger partial charge is 0.133 e. The largest absolute Gasteiger partial charge is 0.373 e. The predicted octanol–water partition coefficient (Wildman–Crippen LogP) is 6.08. The minimum Gasteiger partial charge on any atom is -0.373 e. The molecule has 1 aliphatic heterocycles. The van der Waals surface area contributed by atoms with E-state index in [2.05, 4.69) is 70.0 Å². The molecular formula is C24H41NOSi. The molecule has 3 heteroatoms. The second-order valence-corrected chi connectivity index (χ2v) is 15.0. The monoisotopic (exact) mass is 387 g/mol. The van der Waals surface area contributed by atoms with Crippen molar-refractivity contribution in [3.63, 3.8) is 0 Å². The Morgan fingerprint density at radius 1 is 0.963 bits per heavy atom. The van der Waals surface area contributed by atoms with Gasteiger partial charge in [-0.25, -0.2) is 0 Å². The molecule has 0 radical (unpaired) electrons. The highest BCUT2D eigenvalue weighted by Gasteiger charge is 2.44. The normalized spacial score (nSPS) is 28.1. The summed E-state index contributed by atoms with van der Waals surface area (Å²) in [6.07, 6.45) is 7.94. The Morgan fingerprint density at radius 2 is 1.52 bits per heavy atom. The number of hydrogen-bond acceptors (Lipinski definition) is 2. The minimum atomic E-state index is -1.58. The summed E-state index contributed by atoms with van der Waals surface area (Å²) in [5, 5.41) is 0. The van der Waals surface area contributed by atoms with E-state index in [1.807, 2.05) is 0 Å². The van der Waals surface area contributed by atoms with E-state index in [0.29, 0.717) is 12.2 Å². The van der Waals surface area contributed by atoms with Crippen LogP contribution >= 0.6 is 0 Å². The molecule has 0 amide bonds. The zero-order chi connectivity index (χ0) is 19.7. The van der Waals surface area contributed by atoms with E-state index in [0.717, 1.165) is 18.6 Å². The lowest BCUT2D eigenvalue weighted by Crippen LogP contribution is -2.63. The summed E-state index contributed by atoms with van der Waals surface area (Å²) in [5.41, 5.74) is 4.17. The van der Waals surface area contributed by atoms with E-state index >= 15 is 0 Å². The van der Waals surface area contributed by atoms with E-state index in [4.69, 9.17) is 4.74 Å². The van der Waals surface area contributed by atoms with Gasteiger partial charge < -0.3 is 9.30 Å². The lowest BCUT2D eigenvalue weighted by molar-refractivity contribution is -0.0482. The topological polar surface area (TPSA) is 12.5 Å². The van der Waals surface area contributed by atoms with Gasteiger partial charge in [0.1, 0.15) is 8.24 Å². The molecule has 1 aliphatic carbocycles. The van der Waals surface area contributed by atoms with Crippen LogP contribution in [0.1, 0.15) is 77.8 Å². The molecule has 1 aromatic carbocycles. The standard InChI is InChI=1S/C24H41NOSi/c1-19-16-25(17-20(2)26-19)27(6,23-10-8-7-9-11-23)18-21-12-14-22(15-13-21)24(3,4)5/h12-15,19-20,23H,7-11,16-18H2,1-6H3/t19-,20+,27?. The third-order valence-corrected chi connectivity index (χ3v) is 12.3. The van der Waals surface area contributed by atoms with Gasteiger partial charge in [-0.3, -0.25) is 0 Å². The SMILES string of the molecule is C[C@@H]1CN([Si](C)(Cc2ccc(C(C)(C)C)cc2)C2CCCCC2)C[C@H](C)O1. The Morgan fingerprint density at radius 3 is 2.04 bits per heavy atom. The third-order valence-electron chi connectivity index (χ3n) is 7.01. The maximum atomic E-state index is 6.08. The average molecular weight is 388 g/mol. The molecule has 1 unspecified atom stereocenters. The van der Waals surface area contributed by atoms with E-state index in [1.165, 1.54) is 43.7 Å². The van der Waals surface area contributed by atoms with Gasteiger partial charge in [-0.05, 0) is 42.0 Å². The van der Waals surface area contributed by atoms with Crippen molar-refractivity contribution in [2.75, 3.05) is 13.1 Å². The molecule has 2 aliphatic rings. The zero-order valence-electron chi connectivity index (χ0n) is 18.6. The van der Waals surface area contributed by atoms with Crippen molar-refractivity contribution in [3.8, 4) is 0 Å². The van der Waals surface area contributed by atoms with Crippen molar-refractivity contribution in [2.24, 2.45) is 0 Å². The molecule has 1 heterocycles. The van der Waals surface area contributed by atoms with E-state index in [-0.39, 0.29) is 5.41 Å². The fourth-order valence-corrected chi connectivity index (χ4v) is 10.5. The lowest BCUT2D eigenvalue weighted by atomic mass is 9.87. The fraction of sp³-hybridized carbons (Fsp3) is 0.750. The Kier molecular flexibility index (Phi) is 6.54. The first-order chi connectivity index (χ1) is 12.7. The molecule has 152 valence electrons. The Hall–Kier alpha value is -0.643. The number of ether oxygens (including phenoxy) is 1. The van der Waals surface area contributed by atoms with Crippen molar-refractivity contribution in [2.45, 2.75) is 102 Å². The summed E-state index contributed by atoms with van der Waals surface area (Å²) >= 11 is 0. The van der Waals surface area contributed by atoms with Crippen molar-refractivity contribution >= 4 is 8.24 Å². The van der Waals surface area contributed by atoms with Crippen molar-refractivity contribution in [1.29, 1.82) is 0 Å². The number of morpholine rings is 1. The summed E-state index contributed by atoms with van der Waals surface area (Å²) in [6, 6.07) is 10.9. The zero-order valence-corrected chi connectivity index (χ0v) is 19.6. The van der Waals surface area contributed by atoms with Gasteiger partial charge in [-0.15, -0.1) is 0 Å². The van der Waals surface area contributed by atoms with Crippen LogP contribution in [0.2, 0.25) is 12.1 Å². The third kappa shape index (κ3) is 5.05. The Labute approximate surface area is 168 Å². The van der Waals surface area contributed by atoms with E-state index < -0.39 is 8.24 Å². The first-order valence-electron chi connectivity index (χ1n) is 11.2. The molecule has 3 atom stereocenters. The quantitative estimate of drug-likeness (QED) is 0.580. The second kappa shape index (κ2) is 8.38. The molecule has 1 saturated carbocycles. The van der Waals surface area contributed by atoms with Crippen molar-refractivity contribution in [1.82, 2.24) is 4.57 Å². The molecule has 0 spiro atoms. The summed E-state index contributed by atoms with van der Waals surface area (Å²) in [5.74, 6) is 0. The molecule has 1 aromatic rings. The maximum Gasteiger partial charge on any atom is 0.133 e. The molecule has 0 bridgehead atoms. The molecule has 1 saturated heterocycles. The van der Waals surface area contributed by atoms with Crippen LogP contribution in [-0.4, -0.2) is 38.1 Å². The summed E-state index contributed by atoms with van der Waals surface area (Å²) in [7, 11) is -1.58. The second-order valence-electron chi connectivity index (χ2n) is 10.5. The van der Waals surface area contributed by atoms with Crippen LogP contribution in [0.5, 0.6) is 0 Å². The summed E-state index contributed by atoms with van der Waals surface area (Å²) < 4.78 is 9.00. The highest BCUT2D eigenvalue weighted by Crippen LogP contribution is 2.41. The van der Waals surface area contributed by atoms with Crippen LogP contribution < -0.4 is 0 Å². The molecule has 27 heavy (non-hydrogen) atoms. The average Bonchev–Trinajstić information content (AvgIpc) is 2.61. The van der Waals surface area contributed by atoms with Gasteiger partial charge in [0.15, 0.2) is 0 Å². The van der Waals surface area contributed by atoms with Crippen LogP contribution in [0.4, 0.5) is 0 Å². The number of benzene rings is 1. The fourth-order valence-electron chi connectivity index (χ4n) is 5.37. The molecule has 0 N–H and O–H groups in total. The summed E-state index contributed by atoms with van der Waals surface area (Å²) in [6.45, 7) is 16.4. The molecule has 2 nitrogen and oxygen atoms in total. The number of rotatable bonds is 4. The van der Waals surface area contributed by atoms with Gasteiger partial charge in [0.25, 0.3) is 0 Å². The van der Waals surface area contributed by atoms with Crippen LogP contribution in [0.25, 0.3) is 0 Å². The predicted molar refractivity (Wildman–Crippen MR) is 119 cm³/mol. The van der Waals surface area contributed by atoms with Crippen LogP contribution in [0.15, 0.2) is 24.3 Å². The van der Waals surface area contributed by atoms with E-state index in [1.54, 1.807) is 5.56 Å². The molecular weight excluding hydrogens is 346 g/mol. The molecule has 2 fully saturated rings. The van der Waals surface area contributed by atoms with Gasteiger partial charge in [0, 0.05) is 13.1 Å². The minimum absolute atomic E-state index is 0.234. The highest BCUT2D eigenvalue weighted by atomic mass is 28.3. The summed E-state index contributed by atoms with van der Waals surface area (Å²) in [4.78, 5) is 0. The lowest BCUT2D eigenvalue weighted by Gasteiger charge is -2.50. The first-order valence-corrected chi connectivity index (χ1v) is 13.9. The Bertz CT molecular complexity index is 592. The Balaban J connectivity index is 1.85. The van der Waals surface area contributed by atoms with Gasteiger partial charge in [-0.1, -0.05) is 83.7 Å². The number of hydrogen-bond donors (Lipinski definition) is 0. The highest BCUT2D eigenvalue weighted by molar-refractivity contribution is 6.77. The van der Waals surface area contributed by atoms with Crippen molar-refractivity contribution in [3.05, 3.63) is 35.4 Å². The van der Waals surface area contributed by atoms with Gasteiger partial charge in [-0.2, -0.15) is 0 Å². The van der Waals surface area contributed by atoms with E-state index in [9.17, 15) is 0 Å².